The first-order valence-corrected chi connectivity index (χ1v) is 5.37. The minimum Gasteiger partial charge on any atom is -0.397 e. The van der Waals surface area contributed by atoms with Crippen LogP contribution in [0.15, 0.2) is 18.2 Å². The molecule has 1 unspecified atom stereocenters. The van der Waals surface area contributed by atoms with Gasteiger partial charge < -0.3 is 20.6 Å². The molecule has 0 aliphatic rings. The van der Waals surface area contributed by atoms with Crippen LogP contribution < -0.4 is 5.73 Å². The fraction of sp³-hybridized carbons (Fsp3) is 0.273. The van der Waals surface area contributed by atoms with Gasteiger partial charge in [-0.1, -0.05) is 11.6 Å². The van der Waals surface area contributed by atoms with Gasteiger partial charge in [-0.2, -0.15) is 0 Å². The number of aromatic amines is 1. The SMILES string of the molecule is CCOC(O)c1cc2cc(Cl)c(N)cc2[nH]1. The second-order valence-corrected chi connectivity index (χ2v) is 3.90. The highest BCUT2D eigenvalue weighted by Crippen LogP contribution is 2.28. The van der Waals surface area contributed by atoms with Crippen LogP contribution in [0, 0.1) is 0 Å². The number of aliphatic hydroxyl groups excluding tert-OH is 1. The number of aliphatic hydroxyl groups is 1. The Kier molecular flexibility index (Phi) is 3.05. The summed E-state index contributed by atoms with van der Waals surface area (Å²) >= 11 is 5.91. The molecule has 0 bridgehead atoms. The van der Waals surface area contributed by atoms with Gasteiger partial charge >= 0.3 is 0 Å². The number of benzene rings is 1. The van der Waals surface area contributed by atoms with E-state index in [1.165, 1.54) is 0 Å². The van der Waals surface area contributed by atoms with Crippen molar-refractivity contribution in [2.75, 3.05) is 12.3 Å². The summed E-state index contributed by atoms with van der Waals surface area (Å²) in [5.41, 5.74) is 7.62. The van der Waals surface area contributed by atoms with E-state index >= 15 is 0 Å². The van der Waals surface area contributed by atoms with Gasteiger partial charge in [0.2, 0.25) is 0 Å². The predicted molar refractivity (Wildman–Crippen MR) is 64.3 cm³/mol. The second kappa shape index (κ2) is 4.33. The molecule has 0 aliphatic carbocycles. The minimum atomic E-state index is -0.947. The molecule has 1 aromatic carbocycles. The Morgan fingerprint density at radius 3 is 2.94 bits per heavy atom. The first-order valence-electron chi connectivity index (χ1n) is 4.99. The molecule has 0 aliphatic heterocycles. The topological polar surface area (TPSA) is 71.3 Å². The number of fused-ring (bicyclic) bond motifs is 1. The van der Waals surface area contributed by atoms with Gasteiger partial charge in [0.05, 0.1) is 16.4 Å². The summed E-state index contributed by atoms with van der Waals surface area (Å²) < 4.78 is 5.08. The molecule has 4 nitrogen and oxygen atoms in total. The van der Waals surface area contributed by atoms with Crippen LogP contribution in [0.3, 0.4) is 0 Å². The number of ether oxygens (including phenoxy) is 1. The van der Waals surface area contributed by atoms with E-state index in [1.54, 1.807) is 18.2 Å². The number of nitrogens with one attached hydrogen (secondary N) is 1. The van der Waals surface area contributed by atoms with E-state index < -0.39 is 6.29 Å². The molecule has 4 N–H and O–H groups in total. The monoisotopic (exact) mass is 240 g/mol. The van der Waals surface area contributed by atoms with E-state index in [4.69, 9.17) is 22.1 Å². The average Bonchev–Trinajstić information content (AvgIpc) is 2.62. The molecule has 0 saturated heterocycles. The zero-order valence-electron chi connectivity index (χ0n) is 8.83. The lowest BCUT2D eigenvalue weighted by Gasteiger charge is -2.07. The van der Waals surface area contributed by atoms with Crippen molar-refractivity contribution < 1.29 is 9.84 Å². The number of H-pyrrole nitrogens is 1. The third kappa shape index (κ3) is 2.00. The maximum atomic E-state index is 9.64. The van der Waals surface area contributed by atoms with Gasteiger partial charge in [0.25, 0.3) is 0 Å². The number of anilines is 1. The fourth-order valence-electron chi connectivity index (χ4n) is 1.57. The number of aromatic nitrogens is 1. The molecular weight excluding hydrogens is 228 g/mol. The summed E-state index contributed by atoms with van der Waals surface area (Å²) in [6.07, 6.45) is -0.947. The smallest absolute Gasteiger partial charge is 0.196 e. The lowest BCUT2D eigenvalue weighted by Crippen LogP contribution is -2.02. The van der Waals surface area contributed by atoms with Crippen LogP contribution in [-0.2, 0) is 4.74 Å². The van der Waals surface area contributed by atoms with E-state index in [2.05, 4.69) is 4.98 Å². The summed E-state index contributed by atoms with van der Waals surface area (Å²) in [5.74, 6) is 0. The van der Waals surface area contributed by atoms with Gasteiger partial charge in [-0.15, -0.1) is 0 Å². The molecule has 1 heterocycles. The van der Waals surface area contributed by atoms with E-state index in [0.29, 0.717) is 23.0 Å². The molecule has 0 fully saturated rings. The second-order valence-electron chi connectivity index (χ2n) is 3.49. The maximum Gasteiger partial charge on any atom is 0.196 e. The molecular formula is C11H13ClN2O2. The molecule has 0 amide bonds. The number of nitrogens with two attached hydrogens (primary N) is 1. The molecule has 0 radical (unpaired) electrons. The summed E-state index contributed by atoms with van der Waals surface area (Å²) in [6, 6.07) is 5.28. The van der Waals surface area contributed by atoms with Crippen molar-refractivity contribution in [1.82, 2.24) is 4.98 Å². The van der Waals surface area contributed by atoms with Crippen LogP contribution in [0.4, 0.5) is 5.69 Å². The van der Waals surface area contributed by atoms with E-state index in [1.807, 2.05) is 6.92 Å². The Bertz CT molecular complexity index is 471. The summed E-state index contributed by atoms with van der Waals surface area (Å²) in [4.78, 5) is 3.03. The highest BCUT2D eigenvalue weighted by atomic mass is 35.5. The third-order valence-electron chi connectivity index (χ3n) is 2.35. The van der Waals surface area contributed by atoms with Crippen molar-refractivity contribution in [3.05, 3.63) is 28.9 Å². The van der Waals surface area contributed by atoms with Crippen LogP contribution >= 0.6 is 11.6 Å². The summed E-state index contributed by atoms with van der Waals surface area (Å²) in [5, 5.41) is 11.0. The van der Waals surface area contributed by atoms with Crippen LogP contribution in [0.25, 0.3) is 10.9 Å². The standard InChI is InChI=1S/C11H13ClN2O2/c1-2-16-11(15)10-4-6-3-7(12)8(13)5-9(6)14-10/h3-5,11,14-15H,2,13H2,1H3. The predicted octanol–water partition coefficient (Wildman–Crippen LogP) is 2.43. The number of hydrogen-bond acceptors (Lipinski definition) is 3. The molecule has 0 saturated carbocycles. The first kappa shape index (κ1) is 11.3. The Hall–Kier alpha value is -1.23. The van der Waals surface area contributed by atoms with Crippen molar-refractivity contribution in [1.29, 1.82) is 0 Å². The Labute approximate surface area is 98.0 Å². The number of hydrogen-bond donors (Lipinski definition) is 3. The summed E-state index contributed by atoms with van der Waals surface area (Å²) in [7, 11) is 0. The molecule has 2 aromatic rings. The fourth-order valence-corrected chi connectivity index (χ4v) is 1.74. The number of halogens is 1. The number of rotatable bonds is 3. The van der Waals surface area contributed by atoms with E-state index in [9.17, 15) is 5.11 Å². The van der Waals surface area contributed by atoms with Gasteiger partial charge in [-0.25, -0.2) is 0 Å². The molecule has 1 aromatic heterocycles. The summed E-state index contributed by atoms with van der Waals surface area (Å²) in [6.45, 7) is 2.26. The van der Waals surface area contributed by atoms with Crippen LogP contribution in [0.2, 0.25) is 5.02 Å². The molecule has 86 valence electrons. The Morgan fingerprint density at radius 2 is 2.25 bits per heavy atom. The van der Waals surface area contributed by atoms with E-state index in [-0.39, 0.29) is 0 Å². The van der Waals surface area contributed by atoms with Crippen molar-refractivity contribution in [2.24, 2.45) is 0 Å². The minimum absolute atomic E-state index is 0.444. The number of nitrogen functional groups attached to an aromatic ring is 1. The average molecular weight is 241 g/mol. The highest BCUT2D eigenvalue weighted by Gasteiger charge is 2.11. The zero-order valence-corrected chi connectivity index (χ0v) is 9.58. The van der Waals surface area contributed by atoms with Gasteiger partial charge in [0.15, 0.2) is 6.29 Å². The Morgan fingerprint density at radius 1 is 1.50 bits per heavy atom. The molecule has 0 spiro atoms. The maximum absolute atomic E-state index is 9.64. The van der Waals surface area contributed by atoms with Gasteiger partial charge in [-0.05, 0) is 25.1 Å². The molecule has 2 rings (SSSR count). The molecule has 5 heteroatoms. The van der Waals surface area contributed by atoms with Crippen LogP contribution in [-0.4, -0.2) is 16.7 Å². The van der Waals surface area contributed by atoms with Gasteiger partial charge in [0.1, 0.15) is 0 Å². The lowest BCUT2D eigenvalue weighted by molar-refractivity contribution is -0.100. The van der Waals surface area contributed by atoms with E-state index in [0.717, 1.165) is 10.9 Å². The normalized spacial score (nSPS) is 13.2. The quantitative estimate of drug-likeness (QED) is 0.570. The van der Waals surface area contributed by atoms with Crippen molar-refractivity contribution >= 4 is 28.2 Å². The Balaban J connectivity index is 2.43. The van der Waals surface area contributed by atoms with Crippen molar-refractivity contribution in [3.8, 4) is 0 Å². The van der Waals surface area contributed by atoms with Gasteiger partial charge in [0, 0.05) is 17.5 Å². The largest absolute Gasteiger partial charge is 0.397 e. The van der Waals surface area contributed by atoms with Crippen molar-refractivity contribution in [3.63, 3.8) is 0 Å². The first-order chi connectivity index (χ1) is 7.61. The third-order valence-corrected chi connectivity index (χ3v) is 2.68. The van der Waals surface area contributed by atoms with Gasteiger partial charge in [-0.3, -0.25) is 0 Å². The van der Waals surface area contributed by atoms with Crippen LogP contribution in [0.1, 0.15) is 18.9 Å². The molecule has 16 heavy (non-hydrogen) atoms. The van der Waals surface area contributed by atoms with Crippen LogP contribution in [0.5, 0.6) is 0 Å². The zero-order chi connectivity index (χ0) is 11.7. The van der Waals surface area contributed by atoms with Crippen molar-refractivity contribution in [2.45, 2.75) is 13.2 Å². The molecule has 1 atom stereocenters. The highest BCUT2D eigenvalue weighted by molar-refractivity contribution is 6.33. The lowest BCUT2D eigenvalue weighted by atomic mass is 10.2.